The fraction of sp³-hybridized carbons (Fsp3) is 0.182. The molecule has 7 nitrogen and oxygen atoms in total. The molecular formula is C22H19N3O4. The lowest BCUT2D eigenvalue weighted by molar-refractivity contribution is -0.117. The molecule has 0 saturated heterocycles. The lowest BCUT2D eigenvalue weighted by Gasteiger charge is -2.10. The third-order valence-corrected chi connectivity index (χ3v) is 4.75. The van der Waals surface area contributed by atoms with Gasteiger partial charge < -0.3 is 23.8 Å². The van der Waals surface area contributed by atoms with Crippen molar-refractivity contribution in [2.24, 2.45) is 0 Å². The Hall–Kier alpha value is -3.92. The van der Waals surface area contributed by atoms with Crippen molar-refractivity contribution < 1.29 is 18.7 Å². The zero-order valence-corrected chi connectivity index (χ0v) is 16.1. The lowest BCUT2D eigenvalue weighted by Crippen LogP contribution is -2.23. The minimum atomic E-state index is -0.447. The number of amides is 1. The Bertz CT molecular complexity index is 1130. The normalized spacial score (nSPS) is 12.7. The molecule has 1 aliphatic heterocycles. The van der Waals surface area contributed by atoms with Gasteiger partial charge in [-0.2, -0.15) is 5.26 Å². The summed E-state index contributed by atoms with van der Waals surface area (Å²) in [6, 6.07) is 13.2. The molecule has 0 saturated carbocycles. The molecule has 0 radical (unpaired) electrons. The molecule has 0 spiro atoms. The Morgan fingerprint density at radius 3 is 2.83 bits per heavy atom. The lowest BCUT2D eigenvalue weighted by atomic mass is 10.1. The molecule has 0 bridgehead atoms. The highest BCUT2D eigenvalue weighted by atomic mass is 16.7. The van der Waals surface area contributed by atoms with E-state index in [0.29, 0.717) is 11.5 Å². The number of aryl methyl sites for hydroxylation is 1. The first-order valence-electron chi connectivity index (χ1n) is 9.08. The number of furan rings is 1. The van der Waals surface area contributed by atoms with Crippen LogP contribution in [0.1, 0.15) is 22.7 Å². The maximum Gasteiger partial charge on any atom is 0.262 e. The van der Waals surface area contributed by atoms with E-state index in [1.807, 2.05) is 48.7 Å². The molecule has 4 rings (SSSR count). The van der Waals surface area contributed by atoms with Crippen LogP contribution in [0.3, 0.4) is 0 Å². The van der Waals surface area contributed by atoms with Crippen LogP contribution in [0.15, 0.2) is 52.7 Å². The average molecular weight is 389 g/mol. The van der Waals surface area contributed by atoms with Gasteiger partial charge in [0, 0.05) is 23.1 Å². The first-order valence-corrected chi connectivity index (χ1v) is 9.08. The number of nitrogens with zero attached hydrogens (tertiary/aromatic N) is 2. The molecule has 29 heavy (non-hydrogen) atoms. The second-order valence-electron chi connectivity index (χ2n) is 6.63. The Morgan fingerprint density at radius 1 is 1.24 bits per heavy atom. The van der Waals surface area contributed by atoms with E-state index in [1.54, 1.807) is 18.2 Å². The highest BCUT2D eigenvalue weighted by Gasteiger charge is 2.17. The maximum absolute atomic E-state index is 12.4. The van der Waals surface area contributed by atoms with Crippen molar-refractivity contribution in [2.75, 3.05) is 6.79 Å². The second kappa shape index (κ2) is 7.60. The number of fused-ring (bicyclic) bond motifs is 1. The molecular weight excluding hydrogens is 370 g/mol. The van der Waals surface area contributed by atoms with Crippen LogP contribution in [-0.4, -0.2) is 17.3 Å². The van der Waals surface area contributed by atoms with Crippen LogP contribution < -0.4 is 14.8 Å². The molecule has 1 amide bonds. The van der Waals surface area contributed by atoms with Crippen molar-refractivity contribution in [3.8, 4) is 23.3 Å². The number of hydrogen-bond donors (Lipinski definition) is 1. The zero-order chi connectivity index (χ0) is 20.4. The highest BCUT2D eigenvalue weighted by molar-refractivity contribution is 6.01. The first kappa shape index (κ1) is 18.4. The van der Waals surface area contributed by atoms with Gasteiger partial charge >= 0.3 is 0 Å². The molecule has 0 fully saturated rings. The van der Waals surface area contributed by atoms with Gasteiger partial charge in [0.25, 0.3) is 5.91 Å². The minimum Gasteiger partial charge on any atom is -0.467 e. The fourth-order valence-electron chi connectivity index (χ4n) is 3.34. The molecule has 1 aromatic carbocycles. The smallest absolute Gasteiger partial charge is 0.262 e. The average Bonchev–Trinajstić information content (AvgIpc) is 3.45. The monoisotopic (exact) mass is 389 g/mol. The van der Waals surface area contributed by atoms with E-state index in [4.69, 9.17) is 13.9 Å². The summed E-state index contributed by atoms with van der Waals surface area (Å²) in [7, 11) is 0. The van der Waals surface area contributed by atoms with E-state index < -0.39 is 5.91 Å². The summed E-state index contributed by atoms with van der Waals surface area (Å²) in [5, 5.41) is 12.2. The summed E-state index contributed by atoms with van der Waals surface area (Å²) in [5.41, 5.74) is 3.63. The zero-order valence-electron chi connectivity index (χ0n) is 16.1. The molecule has 146 valence electrons. The molecule has 3 heterocycles. The Morgan fingerprint density at radius 2 is 2.07 bits per heavy atom. The third-order valence-electron chi connectivity index (χ3n) is 4.75. The Labute approximate surface area is 167 Å². The third kappa shape index (κ3) is 3.60. The molecule has 3 aromatic rings. The summed E-state index contributed by atoms with van der Waals surface area (Å²) < 4.78 is 18.1. The Balaban J connectivity index is 1.60. The van der Waals surface area contributed by atoms with Crippen molar-refractivity contribution in [3.05, 3.63) is 70.9 Å². The number of carbonyl (C=O) groups is 1. The fourth-order valence-corrected chi connectivity index (χ4v) is 3.34. The summed E-state index contributed by atoms with van der Waals surface area (Å²) in [5.74, 6) is 1.59. The summed E-state index contributed by atoms with van der Waals surface area (Å²) in [4.78, 5) is 12.4. The van der Waals surface area contributed by atoms with Crippen molar-refractivity contribution in [1.82, 2.24) is 9.88 Å². The number of rotatable bonds is 5. The number of aromatic nitrogens is 1. The predicted molar refractivity (Wildman–Crippen MR) is 106 cm³/mol. The second-order valence-corrected chi connectivity index (χ2v) is 6.63. The summed E-state index contributed by atoms with van der Waals surface area (Å²) in [6.07, 6.45) is 3.14. The van der Waals surface area contributed by atoms with Gasteiger partial charge in [0.15, 0.2) is 11.5 Å². The van der Waals surface area contributed by atoms with Crippen LogP contribution in [0.5, 0.6) is 11.5 Å². The quantitative estimate of drug-likeness (QED) is 0.532. The van der Waals surface area contributed by atoms with Crippen LogP contribution >= 0.6 is 0 Å². The standard InChI is InChI=1S/C22H19N3O4/c1-14-8-16(9-17(11-23)22(26)24-12-19-4-3-7-27-19)15(2)25(14)18-5-6-20-21(10-18)29-13-28-20/h3-10H,12-13H2,1-2H3,(H,24,26)/b17-9-. The van der Waals surface area contributed by atoms with E-state index in [-0.39, 0.29) is 18.9 Å². The molecule has 2 aromatic heterocycles. The van der Waals surface area contributed by atoms with Crippen LogP contribution in [0.25, 0.3) is 11.8 Å². The SMILES string of the molecule is Cc1cc(/C=C(/C#N)C(=O)NCc2ccco2)c(C)n1-c1ccc2c(c1)OCO2. The van der Waals surface area contributed by atoms with Gasteiger partial charge in [0.2, 0.25) is 6.79 Å². The van der Waals surface area contributed by atoms with Gasteiger partial charge in [0.1, 0.15) is 17.4 Å². The van der Waals surface area contributed by atoms with Crippen LogP contribution in [-0.2, 0) is 11.3 Å². The van der Waals surface area contributed by atoms with Gasteiger partial charge in [-0.1, -0.05) is 0 Å². The first-order chi connectivity index (χ1) is 14.1. The topological polar surface area (TPSA) is 89.4 Å². The van der Waals surface area contributed by atoms with E-state index in [2.05, 4.69) is 5.32 Å². The molecule has 0 unspecified atom stereocenters. The molecule has 0 aliphatic carbocycles. The molecule has 0 atom stereocenters. The maximum atomic E-state index is 12.4. The molecule has 7 heteroatoms. The minimum absolute atomic E-state index is 0.0301. The van der Waals surface area contributed by atoms with E-state index in [9.17, 15) is 10.1 Å². The number of ether oxygens (including phenoxy) is 2. The number of benzene rings is 1. The van der Waals surface area contributed by atoms with Crippen LogP contribution in [0, 0.1) is 25.2 Å². The molecule has 1 N–H and O–H groups in total. The highest BCUT2D eigenvalue weighted by Crippen LogP contribution is 2.35. The predicted octanol–water partition coefficient (Wildman–Crippen LogP) is 3.64. The van der Waals surface area contributed by atoms with Gasteiger partial charge in [-0.3, -0.25) is 4.79 Å². The van der Waals surface area contributed by atoms with Crippen molar-refractivity contribution in [1.29, 1.82) is 5.26 Å². The largest absolute Gasteiger partial charge is 0.467 e. The Kier molecular flexibility index (Phi) is 4.83. The van der Waals surface area contributed by atoms with Gasteiger partial charge in [0.05, 0.1) is 12.8 Å². The summed E-state index contributed by atoms with van der Waals surface area (Å²) >= 11 is 0. The van der Waals surface area contributed by atoms with E-state index in [1.165, 1.54) is 6.26 Å². The van der Waals surface area contributed by atoms with Gasteiger partial charge in [-0.15, -0.1) is 0 Å². The molecule has 1 aliphatic rings. The van der Waals surface area contributed by atoms with Crippen LogP contribution in [0.2, 0.25) is 0 Å². The van der Waals surface area contributed by atoms with Crippen LogP contribution in [0.4, 0.5) is 0 Å². The van der Waals surface area contributed by atoms with E-state index >= 15 is 0 Å². The van der Waals surface area contributed by atoms with Crippen molar-refractivity contribution in [2.45, 2.75) is 20.4 Å². The number of nitrogens with one attached hydrogen (secondary N) is 1. The summed E-state index contributed by atoms with van der Waals surface area (Å²) in [6.45, 7) is 4.35. The van der Waals surface area contributed by atoms with E-state index in [0.717, 1.165) is 28.4 Å². The van der Waals surface area contributed by atoms with Gasteiger partial charge in [-0.05, 0) is 55.8 Å². The van der Waals surface area contributed by atoms with Crippen molar-refractivity contribution >= 4 is 12.0 Å². The van der Waals surface area contributed by atoms with Crippen molar-refractivity contribution in [3.63, 3.8) is 0 Å². The number of carbonyl (C=O) groups excluding carboxylic acids is 1. The number of nitriles is 1. The van der Waals surface area contributed by atoms with Gasteiger partial charge in [-0.25, -0.2) is 0 Å². The number of hydrogen-bond acceptors (Lipinski definition) is 5.